The molecule has 1 aliphatic heterocycles. The Labute approximate surface area is 126 Å². The maximum Gasteiger partial charge on any atom is 0.131 e. The van der Waals surface area contributed by atoms with Gasteiger partial charge in [0.05, 0.1) is 5.41 Å². The quantitative estimate of drug-likeness (QED) is 0.801. The summed E-state index contributed by atoms with van der Waals surface area (Å²) in [7, 11) is 0. The molecule has 0 radical (unpaired) electrons. The fourth-order valence-electron chi connectivity index (χ4n) is 3.17. The number of nitrogens with zero attached hydrogens (tertiary/aromatic N) is 1. The first-order valence-corrected chi connectivity index (χ1v) is 7.52. The summed E-state index contributed by atoms with van der Waals surface area (Å²) in [6, 6.07) is 18.7. The molecule has 0 saturated heterocycles. The molecule has 1 atom stereocenters. The highest BCUT2D eigenvalue weighted by molar-refractivity contribution is 5.68. The molecule has 1 aliphatic rings. The smallest absolute Gasteiger partial charge is 0.131 e. The summed E-state index contributed by atoms with van der Waals surface area (Å²) in [4.78, 5) is 14.1. The molecular weight excluding hydrogens is 258 g/mol. The second-order valence-electron chi connectivity index (χ2n) is 6.13. The highest BCUT2D eigenvalue weighted by Gasteiger charge is 2.30. The summed E-state index contributed by atoms with van der Waals surface area (Å²) >= 11 is 0. The zero-order chi connectivity index (χ0) is 14.7. The van der Waals surface area contributed by atoms with Crippen LogP contribution in [0.15, 0.2) is 54.6 Å². The summed E-state index contributed by atoms with van der Waals surface area (Å²) in [5.41, 5.74) is 3.50. The zero-order valence-corrected chi connectivity index (χ0v) is 12.5. The molecule has 2 nitrogen and oxygen atoms in total. The van der Waals surface area contributed by atoms with E-state index in [2.05, 4.69) is 29.2 Å². The van der Waals surface area contributed by atoms with Gasteiger partial charge in [0, 0.05) is 19.6 Å². The minimum Gasteiger partial charge on any atom is -0.302 e. The summed E-state index contributed by atoms with van der Waals surface area (Å²) in [6.45, 7) is 4.77. The Morgan fingerprint density at radius 1 is 1.05 bits per heavy atom. The molecule has 3 rings (SSSR count). The van der Waals surface area contributed by atoms with Gasteiger partial charge in [-0.05, 0) is 30.0 Å². The maximum absolute atomic E-state index is 11.7. The molecule has 0 spiro atoms. The van der Waals surface area contributed by atoms with Crippen LogP contribution in [0, 0.1) is 0 Å². The van der Waals surface area contributed by atoms with Crippen molar-refractivity contribution >= 4 is 6.29 Å². The van der Waals surface area contributed by atoms with Crippen LogP contribution in [-0.4, -0.2) is 24.3 Å². The van der Waals surface area contributed by atoms with Crippen molar-refractivity contribution in [2.24, 2.45) is 0 Å². The molecule has 0 bridgehead atoms. The van der Waals surface area contributed by atoms with Gasteiger partial charge in [0.1, 0.15) is 6.29 Å². The van der Waals surface area contributed by atoms with E-state index in [0.29, 0.717) is 0 Å². The number of hydrogen-bond donors (Lipinski definition) is 0. The van der Waals surface area contributed by atoms with Crippen molar-refractivity contribution in [3.63, 3.8) is 0 Å². The highest BCUT2D eigenvalue weighted by atomic mass is 16.1. The number of hydrogen-bond acceptors (Lipinski definition) is 2. The monoisotopic (exact) mass is 279 g/mol. The number of aldehydes is 1. The minimum absolute atomic E-state index is 0.437. The standard InChI is InChI=1S/C19H21NO/c1-19(15-21,18-9-3-2-4-10-18)14-20-12-11-16-7-5-6-8-17(16)13-20/h2-10,15H,11-14H2,1H3. The Morgan fingerprint density at radius 2 is 1.71 bits per heavy atom. The van der Waals surface area contributed by atoms with Gasteiger partial charge in [-0.15, -0.1) is 0 Å². The number of carbonyl (C=O) groups excluding carboxylic acids is 1. The van der Waals surface area contributed by atoms with Crippen molar-refractivity contribution in [3.05, 3.63) is 71.3 Å². The fraction of sp³-hybridized carbons (Fsp3) is 0.316. The van der Waals surface area contributed by atoms with E-state index >= 15 is 0 Å². The molecule has 0 fully saturated rings. The first-order chi connectivity index (χ1) is 10.2. The lowest BCUT2D eigenvalue weighted by atomic mass is 9.83. The third-order valence-corrected chi connectivity index (χ3v) is 4.46. The molecule has 108 valence electrons. The third kappa shape index (κ3) is 2.91. The molecule has 2 aromatic rings. The Hall–Kier alpha value is -1.93. The molecule has 2 aromatic carbocycles. The molecular formula is C19H21NO. The van der Waals surface area contributed by atoms with Crippen LogP contribution in [0.5, 0.6) is 0 Å². The Kier molecular flexibility index (Phi) is 3.89. The average molecular weight is 279 g/mol. The maximum atomic E-state index is 11.7. The van der Waals surface area contributed by atoms with Gasteiger partial charge < -0.3 is 4.79 Å². The van der Waals surface area contributed by atoms with Crippen LogP contribution in [0.1, 0.15) is 23.6 Å². The lowest BCUT2D eigenvalue weighted by Gasteiger charge is -2.35. The molecule has 0 aromatic heterocycles. The Bertz CT molecular complexity index is 622. The van der Waals surface area contributed by atoms with E-state index in [1.165, 1.54) is 11.1 Å². The largest absolute Gasteiger partial charge is 0.302 e. The molecule has 0 aliphatic carbocycles. The molecule has 0 saturated carbocycles. The third-order valence-electron chi connectivity index (χ3n) is 4.46. The van der Waals surface area contributed by atoms with Gasteiger partial charge in [0.2, 0.25) is 0 Å². The van der Waals surface area contributed by atoms with Gasteiger partial charge in [-0.25, -0.2) is 0 Å². The van der Waals surface area contributed by atoms with Gasteiger partial charge in [-0.1, -0.05) is 54.6 Å². The molecule has 21 heavy (non-hydrogen) atoms. The van der Waals surface area contributed by atoms with Crippen LogP contribution in [0.2, 0.25) is 0 Å². The molecule has 0 N–H and O–H groups in total. The lowest BCUT2D eigenvalue weighted by Crippen LogP contribution is -2.42. The van der Waals surface area contributed by atoms with Crippen LogP contribution in [0.25, 0.3) is 0 Å². The van der Waals surface area contributed by atoms with Gasteiger partial charge in [-0.3, -0.25) is 4.90 Å². The van der Waals surface area contributed by atoms with Crippen molar-refractivity contribution in [2.45, 2.75) is 25.3 Å². The Balaban J connectivity index is 1.78. The average Bonchev–Trinajstić information content (AvgIpc) is 2.55. The van der Waals surface area contributed by atoms with E-state index in [0.717, 1.165) is 37.9 Å². The predicted molar refractivity (Wildman–Crippen MR) is 85.3 cm³/mol. The topological polar surface area (TPSA) is 20.3 Å². The van der Waals surface area contributed by atoms with Crippen molar-refractivity contribution in [1.29, 1.82) is 0 Å². The van der Waals surface area contributed by atoms with E-state index in [9.17, 15) is 4.79 Å². The second kappa shape index (κ2) is 5.82. The summed E-state index contributed by atoms with van der Waals surface area (Å²) in [5.74, 6) is 0. The fourth-order valence-corrected chi connectivity index (χ4v) is 3.17. The van der Waals surface area contributed by atoms with E-state index in [1.807, 2.05) is 37.3 Å². The molecule has 0 amide bonds. The molecule has 1 heterocycles. The molecule has 1 unspecified atom stereocenters. The van der Waals surface area contributed by atoms with Crippen LogP contribution in [-0.2, 0) is 23.2 Å². The second-order valence-corrected chi connectivity index (χ2v) is 6.13. The first kappa shape index (κ1) is 14.0. The predicted octanol–water partition coefficient (Wildman–Crippen LogP) is 3.20. The minimum atomic E-state index is -0.437. The van der Waals surface area contributed by atoms with Crippen LogP contribution >= 0.6 is 0 Å². The molecule has 2 heteroatoms. The number of rotatable bonds is 4. The van der Waals surface area contributed by atoms with E-state index < -0.39 is 5.41 Å². The summed E-state index contributed by atoms with van der Waals surface area (Å²) < 4.78 is 0. The van der Waals surface area contributed by atoms with E-state index in [1.54, 1.807) is 0 Å². The van der Waals surface area contributed by atoms with Crippen LogP contribution in [0.3, 0.4) is 0 Å². The van der Waals surface area contributed by atoms with E-state index in [-0.39, 0.29) is 0 Å². The van der Waals surface area contributed by atoms with Crippen molar-refractivity contribution < 1.29 is 4.79 Å². The van der Waals surface area contributed by atoms with Gasteiger partial charge in [0.25, 0.3) is 0 Å². The van der Waals surface area contributed by atoms with Crippen LogP contribution in [0.4, 0.5) is 0 Å². The SMILES string of the molecule is CC(C=O)(CN1CCc2ccccc2C1)c1ccccc1. The van der Waals surface area contributed by atoms with Crippen molar-refractivity contribution in [2.75, 3.05) is 13.1 Å². The number of carbonyl (C=O) groups is 1. The summed E-state index contributed by atoms with van der Waals surface area (Å²) in [5, 5.41) is 0. The lowest BCUT2D eigenvalue weighted by molar-refractivity contribution is -0.112. The summed E-state index contributed by atoms with van der Waals surface area (Å²) in [6.07, 6.45) is 2.17. The van der Waals surface area contributed by atoms with Crippen molar-refractivity contribution in [3.8, 4) is 0 Å². The van der Waals surface area contributed by atoms with Crippen LogP contribution < -0.4 is 0 Å². The number of fused-ring (bicyclic) bond motifs is 1. The number of benzene rings is 2. The highest BCUT2D eigenvalue weighted by Crippen LogP contribution is 2.26. The zero-order valence-electron chi connectivity index (χ0n) is 12.5. The van der Waals surface area contributed by atoms with Gasteiger partial charge >= 0.3 is 0 Å². The van der Waals surface area contributed by atoms with Crippen molar-refractivity contribution in [1.82, 2.24) is 4.90 Å². The van der Waals surface area contributed by atoms with E-state index in [4.69, 9.17) is 0 Å². The normalized spacial score (nSPS) is 17.8. The Morgan fingerprint density at radius 3 is 2.43 bits per heavy atom. The first-order valence-electron chi connectivity index (χ1n) is 7.52. The van der Waals surface area contributed by atoms with Gasteiger partial charge in [0.15, 0.2) is 0 Å². The van der Waals surface area contributed by atoms with Gasteiger partial charge in [-0.2, -0.15) is 0 Å².